The Bertz CT molecular complexity index is 644. The van der Waals surface area contributed by atoms with Crippen LogP contribution in [-0.2, 0) is 14.8 Å². The molecule has 0 saturated carbocycles. The van der Waals surface area contributed by atoms with E-state index in [0.717, 1.165) is 0 Å². The summed E-state index contributed by atoms with van der Waals surface area (Å²) < 4.78 is 26.9. The number of carbonyl (C=O) groups is 1. The molecule has 8 heteroatoms. The summed E-state index contributed by atoms with van der Waals surface area (Å²) in [4.78, 5) is 11.6. The molecule has 1 rings (SSSR count). The number of carbonyl (C=O) groups excluding carboxylic acids is 1. The smallest absolute Gasteiger partial charge is 0.242 e. The molecule has 1 aromatic carbocycles. The summed E-state index contributed by atoms with van der Waals surface area (Å²) in [6.45, 7) is 6.76. The van der Waals surface area contributed by atoms with Crippen molar-refractivity contribution in [3.05, 3.63) is 22.7 Å². The second kappa shape index (κ2) is 6.64. The molecule has 0 saturated heterocycles. The van der Waals surface area contributed by atoms with E-state index in [-0.39, 0.29) is 16.0 Å². The lowest BCUT2D eigenvalue weighted by Gasteiger charge is -2.17. The van der Waals surface area contributed by atoms with Gasteiger partial charge in [0.2, 0.25) is 15.9 Å². The maximum absolute atomic E-state index is 12.3. The molecule has 1 unspecified atom stereocenters. The van der Waals surface area contributed by atoms with E-state index in [9.17, 15) is 13.2 Å². The fraction of sp³-hybridized carbons (Fsp3) is 0.462. The number of aryl methyl sites for hydroxylation is 1. The summed E-state index contributed by atoms with van der Waals surface area (Å²) in [5.41, 5.74) is 6.72. The molecule has 21 heavy (non-hydrogen) atoms. The van der Waals surface area contributed by atoms with Crippen LogP contribution in [0, 0.1) is 6.92 Å². The summed E-state index contributed by atoms with van der Waals surface area (Å²) in [6.07, 6.45) is 0. The third-order valence-corrected chi connectivity index (χ3v) is 4.77. The third-order valence-electron chi connectivity index (χ3n) is 2.77. The van der Waals surface area contributed by atoms with Gasteiger partial charge < -0.3 is 11.1 Å². The number of halogens is 1. The maximum atomic E-state index is 12.3. The summed E-state index contributed by atoms with van der Waals surface area (Å²) in [5.74, 6) is -0.412. The van der Waals surface area contributed by atoms with Crippen LogP contribution < -0.4 is 15.8 Å². The van der Waals surface area contributed by atoms with Gasteiger partial charge in [0, 0.05) is 11.7 Å². The quantitative estimate of drug-likeness (QED) is 0.709. The predicted octanol–water partition coefficient (Wildman–Crippen LogP) is 1.42. The Labute approximate surface area is 130 Å². The van der Waals surface area contributed by atoms with Crippen molar-refractivity contribution in [3.8, 4) is 0 Å². The van der Waals surface area contributed by atoms with Gasteiger partial charge in [0.1, 0.15) is 4.90 Å². The van der Waals surface area contributed by atoms with E-state index in [2.05, 4.69) is 10.0 Å². The van der Waals surface area contributed by atoms with Crippen LogP contribution in [0.15, 0.2) is 17.0 Å². The largest absolute Gasteiger partial charge is 0.398 e. The molecule has 4 N–H and O–H groups in total. The van der Waals surface area contributed by atoms with Crippen LogP contribution in [0.2, 0.25) is 5.02 Å². The van der Waals surface area contributed by atoms with E-state index in [1.165, 1.54) is 19.1 Å². The molecule has 0 bridgehead atoms. The topological polar surface area (TPSA) is 101 Å². The molecular formula is C13H20ClN3O3S. The molecule has 118 valence electrons. The summed E-state index contributed by atoms with van der Waals surface area (Å²) in [5, 5.41) is 2.69. The summed E-state index contributed by atoms with van der Waals surface area (Å²) >= 11 is 5.96. The third kappa shape index (κ3) is 4.59. The fourth-order valence-electron chi connectivity index (χ4n) is 1.63. The average molecular weight is 334 g/mol. The lowest BCUT2D eigenvalue weighted by Crippen LogP contribution is -2.46. The Kier molecular flexibility index (Phi) is 5.61. The maximum Gasteiger partial charge on any atom is 0.242 e. The number of nitrogens with two attached hydrogens (primary N) is 1. The number of benzene rings is 1. The molecule has 0 spiro atoms. The first-order chi connectivity index (χ1) is 9.54. The second-order valence-electron chi connectivity index (χ2n) is 5.15. The van der Waals surface area contributed by atoms with Crippen molar-refractivity contribution in [2.24, 2.45) is 0 Å². The van der Waals surface area contributed by atoms with Gasteiger partial charge in [0.05, 0.1) is 11.1 Å². The molecule has 0 aliphatic rings. The lowest BCUT2D eigenvalue weighted by molar-refractivity contribution is -0.122. The summed E-state index contributed by atoms with van der Waals surface area (Å²) in [7, 11) is -3.93. The highest BCUT2D eigenvalue weighted by atomic mass is 35.5. The van der Waals surface area contributed by atoms with Crippen molar-refractivity contribution in [2.45, 2.75) is 44.7 Å². The Morgan fingerprint density at radius 1 is 1.29 bits per heavy atom. The Balaban J connectivity index is 3.02. The molecule has 1 atom stereocenters. The van der Waals surface area contributed by atoms with E-state index >= 15 is 0 Å². The Morgan fingerprint density at radius 3 is 2.38 bits per heavy atom. The average Bonchev–Trinajstić information content (AvgIpc) is 2.32. The number of sulfonamides is 1. The lowest BCUT2D eigenvalue weighted by atomic mass is 10.2. The molecular weight excluding hydrogens is 314 g/mol. The van der Waals surface area contributed by atoms with Crippen molar-refractivity contribution in [1.29, 1.82) is 0 Å². The Morgan fingerprint density at radius 2 is 1.86 bits per heavy atom. The first-order valence-electron chi connectivity index (χ1n) is 6.43. The molecule has 0 radical (unpaired) electrons. The van der Waals surface area contributed by atoms with Gasteiger partial charge in [-0.15, -0.1) is 0 Å². The molecule has 0 aliphatic heterocycles. The number of nitrogens with one attached hydrogen (secondary N) is 2. The number of hydrogen-bond donors (Lipinski definition) is 3. The van der Waals surface area contributed by atoms with E-state index in [1.54, 1.807) is 20.8 Å². The molecule has 0 aliphatic carbocycles. The van der Waals surface area contributed by atoms with Gasteiger partial charge in [-0.2, -0.15) is 4.72 Å². The number of nitrogen functional groups attached to an aromatic ring is 1. The minimum absolute atomic E-state index is 0.0608. The van der Waals surface area contributed by atoms with Crippen LogP contribution in [0.3, 0.4) is 0 Å². The van der Waals surface area contributed by atoms with Crippen molar-refractivity contribution in [3.63, 3.8) is 0 Å². The van der Waals surface area contributed by atoms with Gasteiger partial charge in [-0.3, -0.25) is 4.79 Å². The zero-order chi connectivity index (χ0) is 16.4. The zero-order valence-electron chi connectivity index (χ0n) is 12.4. The van der Waals surface area contributed by atoms with Gasteiger partial charge in [-0.1, -0.05) is 11.6 Å². The van der Waals surface area contributed by atoms with Crippen LogP contribution in [0.1, 0.15) is 26.3 Å². The number of anilines is 1. The normalized spacial score (nSPS) is 13.2. The minimum Gasteiger partial charge on any atom is -0.398 e. The van der Waals surface area contributed by atoms with Crippen LogP contribution in [0.25, 0.3) is 0 Å². The van der Waals surface area contributed by atoms with Gasteiger partial charge in [0.15, 0.2) is 0 Å². The molecule has 1 aromatic rings. The van der Waals surface area contributed by atoms with Crippen molar-refractivity contribution in [2.75, 3.05) is 5.73 Å². The van der Waals surface area contributed by atoms with Gasteiger partial charge in [-0.25, -0.2) is 8.42 Å². The van der Waals surface area contributed by atoms with Gasteiger partial charge >= 0.3 is 0 Å². The van der Waals surface area contributed by atoms with Crippen LogP contribution in [0.4, 0.5) is 5.69 Å². The SMILES string of the molecule is Cc1cc(Cl)c(S(=O)(=O)NC(C)C(=O)NC(C)C)cc1N. The summed E-state index contributed by atoms with van der Waals surface area (Å²) in [6, 6.07) is 1.76. The molecule has 0 fully saturated rings. The van der Waals surface area contributed by atoms with Gasteiger partial charge in [-0.05, 0) is 45.4 Å². The van der Waals surface area contributed by atoms with Crippen molar-refractivity contribution < 1.29 is 13.2 Å². The monoisotopic (exact) mass is 333 g/mol. The predicted molar refractivity (Wildman–Crippen MR) is 83.7 cm³/mol. The second-order valence-corrected chi connectivity index (χ2v) is 7.24. The number of hydrogen-bond acceptors (Lipinski definition) is 4. The number of amides is 1. The molecule has 6 nitrogen and oxygen atoms in total. The highest BCUT2D eigenvalue weighted by Gasteiger charge is 2.25. The minimum atomic E-state index is -3.93. The first kappa shape index (κ1) is 17.7. The van der Waals surface area contributed by atoms with Crippen LogP contribution >= 0.6 is 11.6 Å². The molecule has 0 heterocycles. The van der Waals surface area contributed by atoms with Crippen molar-refractivity contribution in [1.82, 2.24) is 10.0 Å². The fourth-order valence-corrected chi connectivity index (χ4v) is 3.45. The van der Waals surface area contributed by atoms with E-state index < -0.39 is 22.0 Å². The van der Waals surface area contributed by atoms with E-state index in [1.807, 2.05) is 0 Å². The first-order valence-corrected chi connectivity index (χ1v) is 8.29. The highest BCUT2D eigenvalue weighted by Crippen LogP contribution is 2.26. The van der Waals surface area contributed by atoms with Crippen LogP contribution in [-0.4, -0.2) is 26.4 Å². The number of rotatable bonds is 5. The van der Waals surface area contributed by atoms with Crippen molar-refractivity contribution >= 4 is 33.2 Å². The Hall–Kier alpha value is -1.31. The zero-order valence-corrected chi connectivity index (χ0v) is 14.0. The van der Waals surface area contributed by atoms with E-state index in [4.69, 9.17) is 17.3 Å². The molecule has 0 aromatic heterocycles. The molecule has 1 amide bonds. The highest BCUT2D eigenvalue weighted by molar-refractivity contribution is 7.89. The van der Waals surface area contributed by atoms with Gasteiger partial charge in [0.25, 0.3) is 0 Å². The standard InChI is InChI=1S/C13H20ClN3O3S/c1-7(2)16-13(18)9(4)17-21(19,20)12-6-11(15)8(3)5-10(12)14/h5-7,9,17H,15H2,1-4H3,(H,16,18). The van der Waals surface area contributed by atoms with E-state index in [0.29, 0.717) is 11.3 Å². The van der Waals surface area contributed by atoms with Crippen LogP contribution in [0.5, 0.6) is 0 Å².